The van der Waals surface area contributed by atoms with Crippen LogP contribution in [0.25, 0.3) is 11.2 Å². The number of anilines is 1. The molecule has 0 aliphatic carbocycles. The topological polar surface area (TPSA) is 139 Å². The summed E-state index contributed by atoms with van der Waals surface area (Å²) in [6.45, 7) is 3.64. The van der Waals surface area contributed by atoms with Crippen LogP contribution in [-0.4, -0.2) is 70.4 Å². The van der Waals surface area contributed by atoms with Crippen LogP contribution in [0.15, 0.2) is 104 Å². The van der Waals surface area contributed by atoms with Gasteiger partial charge in [0.05, 0.1) is 33.3 Å². The van der Waals surface area contributed by atoms with Crippen LogP contribution in [0.2, 0.25) is 0 Å². The summed E-state index contributed by atoms with van der Waals surface area (Å²) in [6.07, 6.45) is 1.74. The highest BCUT2D eigenvalue weighted by molar-refractivity contribution is 5.93. The molecule has 6 rings (SSSR count). The molecule has 3 heterocycles. The molecule has 0 unspecified atom stereocenters. The second kappa shape index (κ2) is 14.0. The molecular formula is C35H35N5O7. The van der Waals surface area contributed by atoms with Gasteiger partial charge in [0.2, 0.25) is 0 Å². The van der Waals surface area contributed by atoms with Crippen molar-refractivity contribution >= 4 is 23.1 Å². The number of carbonyl (C=O) groups is 1. The maximum Gasteiger partial charge on any atom is 0.413 e. The first kappa shape index (κ1) is 31.7. The number of aliphatic hydroxyl groups is 1. The number of carbonyl (C=O) groups excluding carboxylic acids is 1. The average Bonchev–Trinajstić information content (AvgIpc) is 3.72. The normalized spacial score (nSPS) is 17.7. The van der Waals surface area contributed by atoms with Crippen molar-refractivity contribution in [2.24, 2.45) is 0 Å². The van der Waals surface area contributed by atoms with Gasteiger partial charge >= 0.3 is 6.09 Å². The van der Waals surface area contributed by atoms with Crippen molar-refractivity contribution in [1.29, 1.82) is 0 Å². The number of ether oxygens (including phenoxy) is 5. The second-order valence-electron chi connectivity index (χ2n) is 10.8. The van der Waals surface area contributed by atoms with Crippen molar-refractivity contribution < 1.29 is 33.6 Å². The number of hydrogen-bond donors (Lipinski definition) is 2. The maximum atomic E-state index is 12.1. The molecule has 2 aromatic heterocycles. The second-order valence-corrected chi connectivity index (χ2v) is 10.8. The number of nitrogens with zero attached hydrogens (tertiary/aromatic N) is 4. The quantitative estimate of drug-likeness (QED) is 0.138. The zero-order valence-corrected chi connectivity index (χ0v) is 26.0. The van der Waals surface area contributed by atoms with Crippen LogP contribution in [0, 0.1) is 0 Å². The first-order valence-corrected chi connectivity index (χ1v) is 15.0. The summed E-state index contributed by atoms with van der Waals surface area (Å²) in [5.41, 5.74) is 2.32. The molecule has 3 aromatic carbocycles. The Balaban J connectivity index is 1.30. The van der Waals surface area contributed by atoms with E-state index in [2.05, 4.69) is 26.8 Å². The monoisotopic (exact) mass is 637 g/mol. The highest BCUT2D eigenvalue weighted by Gasteiger charge is 2.42. The Hall–Kier alpha value is -5.30. The number of fused-ring (bicyclic) bond motifs is 1. The van der Waals surface area contributed by atoms with E-state index in [9.17, 15) is 9.90 Å². The molecule has 5 aromatic rings. The van der Waals surface area contributed by atoms with Gasteiger partial charge in [0.25, 0.3) is 0 Å². The lowest BCUT2D eigenvalue weighted by Crippen LogP contribution is -2.38. The molecule has 1 fully saturated rings. The third-order valence-corrected chi connectivity index (χ3v) is 8.06. The summed E-state index contributed by atoms with van der Waals surface area (Å²) >= 11 is 0. The van der Waals surface area contributed by atoms with Gasteiger partial charge in [0, 0.05) is 6.42 Å². The largest absolute Gasteiger partial charge is 0.497 e. The van der Waals surface area contributed by atoms with Crippen LogP contribution in [0.5, 0.6) is 11.5 Å². The van der Waals surface area contributed by atoms with E-state index in [1.807, 2.05) is 78.9 Å². The number of benzene rings is 3. The molecule has 1 saturated heterocycles. The van der Waals surface area contributed by atoms with Crippen molar-refractivity contribution in [3.8, 4) is 11.5 Å². The molecule has 0 spiro atoms. The summed E-state index contributed by atoms with van der Waals surface area (Å²) in [4.78, 5) is 25.0. The zero-order valence-electron chi connectivity index (χ0n) is 26.0. The van der Waals surface area contributed by atoms with Crippen molar-refractivity contribution in [2.45, 2.75) is 30.5 Å². The van der Waals surface area contributed by atoms with E-state index in [1.165, 1.54) is 12.4 Å². The van der Waals surface area contributed by atoms with Crippen LogP contribution in [0.4, 0.5) is 10.6 Å². The first-order valence-electron chi connectivity index (χ1n) is 15.0. The Bertz CT molecular complexity index is 1760. The number of aromatic nitrogens is 4. The minimum absolute atomic E-state index is 0.0498. The van der Waals surface area contributed by atoms with Gasteiger partial charge in [-0.3, -0.25) is 9.88 Å². The molecule has 1 amide bonds. The number of amides is 1. The molecular weight excluding hydrogens is 602 g/mol. The number of imidazole rings is 1. The third-order valence-electron chi connectivity index (χ3n) is 8.06. The molecule has 1 aliphatic rings. The lowest BCUT2D eigenvalue weighted by atomic mass is 9.80. The minimum atomic E-state index is -1.07. The van der Waals surface area contributed by atoms with Crippen LogP contribution < -0.4 is 14.8 Å². The maximum absolute atomic E-state index is 12.1. The summed E-state index contributed by atoms with van der Waals surface area (Å²) in [6, 6.07) is 25.4. The Morgan fingerprint density at radius 3 is 2.23 bits per heavy atom. The van der Waals surface area contributed by atoms with Gasteiger partial charge in [-0.2, -0.15) is 0 Å². The molecule has 47 heavy (non-hydrogen) atoms. The summed E-state index contributed by atoms with van der Waals surface area (Å²) in [7, 11) is 3.25. The van der Waals surface area contributed by atoms with Gasteiger partial charge in [0.15, 0.2) is 17.0 Å². The van der Waals surface area contributed by atoms with Gasteiger partial charge in [-0.05, 0) is 41.0 Å². The fourth-order valence-corrected chi connectivity index (χ4v) is 5.74. The fraction of sp³-hybridized carbons (Fsp3) is 0.257. The van der Waals surface area contributed by atoms with Gasteiger partial charge in [0.1, 0.15) is 42.4 Å². The van der Waals surface area contributed by atoms with Crippen molar-refractivity contribution in [3.05, 3.63) is 121 Å². The van der Waals surface area contributed by atoms with Gasteiger partial charge < -0.3 is 28.8 Å². The number of nitrogens with one attached hydrogen (secondary N) is 1. The van der Waals surface area contributed by atoms with E-state index in [0.29, 0.717) is 22.7 Å². The van der Waals surface area contributed by atoms with Crippen molar-refractivity contribution in [1.82, 2.24) is 19.5 Å². The van der Waals surface area contributed by atoms with E-state index in [4.69, 9.17) is 23.7 Å². The molecule has 12 nitrogen and oxygen atoms in total. The van der Waals surface area contributed by atoms with E-state index < -0.39 is 30.1 Å². The van der Waals surface area contributed by atoms with Gasteiger partial charge in [-0.25, -0.2) is 19.7 Å². The summed E-state index contributed by atoms with van der Waals surface area (Å²) in [5, 5.41) is 13.8. The predicted molar refractivity (Wildman–Crippen MR) is 173 cm³/mol. The Morgan fingerprint density at radius 2 is 1.62 bits per heavy atom. The standard InChI is InChI=1S/C35H35N5O7/c1-4-18-45-34(42)39-32-31-33(37-21-36-32)40(22-38-31)30-19-28(41)29(47-30)20-46-35(23-8-6-5-7-9-23,24-10-14-26(43-2)15-11-24)25-12-16-27(44-3)17-13-25/h4-17,21-22,28-30,41H,1,18-20H2,2-3H3,(H,36,37,39,42)/t28-,29+,30+/m0/s1. The smallest absolute Gasteiger partial charge is 0.413 e. The van der Waals surface area contributed by atoms with E-state index >= 15 is 0 Å². The highest BCUT2D eigenvalue weighted by Crippen LogP contribution is 2.43. The van der Waals surface area contributed by atoms with Crippen LogP contribution >= 0.6 is 0 Å². The number of hydrogen-bond acceptors (Lipinski definition) is 10. The van der Waals surface area contributed by atoms with Crippen LogP contribution in [-0.2, 0) is 19.8 Å². The first-order chi connectivity index (χ1) is 23.0. The lowest BCUT2D eigenvalue weighted by molar-refractivity contribution is -0.0931. The number of methoxy groups -OCH3 is 2. The Morgan fingerprint density at radius 1 is 0.979 bits per heavy atom. The number of aliphatic hydroxyl groups excluding tert-OH is 1. The minimum Gasteiger partial charge on any atom is -0.497 e. The molecule has 0 bridgehead atoms. The highest BCUT2D eigenvalue weighted by atomic mass is 16.6. The van der Waals surface area contributed by atoms with Gasteiger partial charge in [-0.1, -0.05) is 67.3 Å². The lowest BCUT2D eigenvalue weighted by Gasteiger charge is -2.37. The average molecular weight is 638 g/mol. The van der Waals surface area contributed by atoms with Crippen LogP contribution in [0.3, 0.4) is 0 Å². The fourth-order valence-electron chi connectivity index (χ4n) is 5.74. The third kappa shape index (κ3) is 6.39. The molecule has 12 heteroatoms. The van der Waals surface area contributed by atoms with Gasteiger partial charge in [-0.15, -0.1) is 0 Å². The summed E-state index contributed by atoms with van der Waals surface area (Å²) in [5.74, 6) is 1.62. The molecule has 3 atom stereocenters. The van der Waals surface area contributed by atoms with Crippen LogP contribution in [0.1, 0.15) is 29.3 Å². The van der Waals surface area contributed by atoms with E-state index in [0.717, 1.165) is 16.7 Å². The SMILES string of the molecule is C=CCOC(=O)Nc1ncnc2c1ncn2[C@H]1C[C@H](O)[C@@H](COC(c2ccccc2)(c2ccc(OC)cc2)c2ccc(OC)cc2)O1. The Labute approximate surface area is 271 Å². The molecule has 242 valence electrons. The molecule has 2 N–H and O–H groups in total. The predicted octanol–water partition coefficient (Wildman–Crippen LogP) is 5.24. The van der Waals surface area contributed by atoms with E-state index in [1.54, 1.807) is 25.1 Å². The van der Waals surface area contributed by atoms with Crippen molar-refractivity contribution in [3.63, 3.8) is 0 Å². The molecule has 0 radical (unpaired) electrons. The number of rotatable bonds is 12. The molecule has 1 aliphatic heterocycles. The summed E-state index contributed by atoms with van der Waals surface area (Å²) < 4.78 is 30.9. The molecule has 0 saturated carbocycles. The Kier molecular flexibility index (Phi) is 9.43. The van der Waals surface area contributed by atoms with Crippen molar-refractivity contribution in [2.75, 3.05) is 32.8 Å². The zero-order chi connectivity index (χ0) is 32.8. The van der Waals surface area contributed by atoms with E-state index in [-0.39, 0.29) is 25.5 Å².